The number of rotatable bonds is 3. The number of nitrogens with zero attached hydrogens (tertiary/aromatic N) is 4. The van der Waals surface area contributed by atoms with E-state index in [1.54, 1.807) is 12.1 Å². The van der Waals surface area contributed by atoms with Gasteiger partial charge in [-0.3, -0.25) is 9.79 Å². The van der Waals surface area contributed by atoms with Crippen molar-refractivity contribution in [2.75, 3.05) is 53.0 Å². The maximum atomic E-state index is 13.6. The van der Waals surface area contributed by atoms with Crippen molar-refractivity contribution >= 4 is 40.8 Å². The molecule has 37 heavy (non-hydrogen) atoms. The number of likely N-dealkylation sites (tertiary alicyclic amines) is 2. The maximum Gasteiger partial charge on any atom is 0.154 e. The monoisotopic (exact) mass is 523 g/mol. The molecule has 0 saturated carbocycles. The molecule has 4 aliphatic heterocycles. The molecule has 2 N–H and O–H groups in total. The summed E-state index contributed by atoms with van der Waals surface area (Å²) >= 11 is 6.04. The average Bonchev–Trinajstić information content (AvgIpc) is 3.58. The quantitative estimate of drug-likeness (QED) is 0.491. The summed E-state index contributed by atoms with van der Waals surface area (Å²) in [6.07, 6.45) is 1.57. The van der Waals surface area contributed by atoms with Crippen molar-refractivity contribution in [2.24, 2.45) is 27.6 Å². The van der Waals surface area contributed by atoms with Crippen LogP contribution in [0.3, 0.4) is 0 Å². The Kier molecular flexibility index (Phi) is 7.69. The van der Waals surface area contributed by atoms with E-state index in [0.29, 0.717) is 25.1 Å². The van der Waals surface area contributed by atoms with Gasteiger partial charge in [-0.15, -0.1) is 0 Å². The Hall–Kier alpha value is -3.07. The smallest absolute Gasteiger partial charge is 0.154 e. The van der Waals surface area contributed by atoms with Crippen molar-refractivity contribution in [3.05, 3.63) is 70.0 Å². The van der Waals surface area contributed by atoms with Crippen molar-refractivity contribution in [2.45, 2.75) is 6.42 Å². The van der Waals surface area contributed by atoms with E-state index >= 15 is 0 Å². The van der Waals surface area contributed by atoms with E-state index in [1.807, 2.05) is 12.1 Å². The summed E-state index contributed by atoms with van der Waals surface area (Å²) in [6, 6.07) is 12.1. The van der Waals surface area contributed by atoms with Crippen molar-refractivity contribution in [3.63, 3.8) is 0 Å². The SMILES string of the molecule is CN1CC2CN(C3=Nc4cc(Cl)ccc4C3)CC2C1.N/C(=C(/C=O)C1=NCCOC1)c1ccccc1F. The molecule has 0 aromatic heterocycles. The lowest BCUT2D eigenvalue weighted by molar-refractivity contribution is -0.104. The number of hydrogen-bond donors (Lipinski definition) is 1. The van der Waals surface area contributed by atoms with Gasteiger partial charge in [-0.1, -0.05) is 29.8 Å². The number of aliphatic imine (C=N–C) groups is 2. The van der Waals surface area contributed by atoms with Gasteiger partial charge in [-0.25, -0.2) is 9.38 Å². The van der Waals surface area contributed by atoms with Crippen molar-refractivity contribution in [1.82, 2.24) is 9.80 Å². The fourth-order valence-electron chi connectivity index (χ4n) is 5.49. The van der Waals surface area contributed by atoms with Crippen LogP contribution in [-0.4, -0.2) is 80.6 Å². The molecule has 6 rings (SSSR count). The van der Waals surface area contributed by atoms with Crippen LogP contribution in [0.1, 0.15) is 11.1 Å². The fraction of sp³-hybridized carbons (Fsp3) is 0.393. The number of benzene rings is 2. The Bertz CT molecular complexity index is 1260. The van der Waals surface area contributed by atoms with E-state index in [4.69, 9.17) is 27.1 Å². The molecular weight excluding hydrogens is 493 g/mol. The molecule has 2 aromatic rings. The number of fused-ring (bicyclic) bond motifs is 2. The third kappa shape index (κ3) is 5.61. The molecular formula is C28H31ClFN5O2. The van der Waals surface area contributed by atoms with Gasteiger partial charge in [0.1, 0.15) is 11.7 Å². The number of nitrogens with two attached hydrogens (primary N) is 1. The van der Waals surface area contributed by atoms with Gasteiger partial charge in [0.15, 0.2) is 6.29 Å². The summed E-state index contributed by atoms with van der Waals surface area (Å²) in [5, 5.41) is 0.781. The summed E-state index contributed by atoms with van der Waals surface area (Å²) in [7, 11) is 2.23. The second-order valence-electron chi connectivity index (χ2n) is 9.93. The molecule has 0 amide bonds. The molecule has 0 radical (unpaired) electrons. The zero-order valence-electron chi connectivity index (χ0n) is 20.9. The summed E-state index contributed by atoms with van der Waals surface area (Å²) in [5.41, 5.74) is 9.19. The minimum atomic E-state index is -0.466. The average molecular weight is 524 g/mol. The summed E-state index contributed by atoms with van der Waals surface area (Å²) in [4.78, 5) is 25.0. The van der Waals surface area contributed by atoms with Crippen LogP contribution < -0.4 is 5.73 Å². The number of carbonyl (C=O) groups excluding carboxylic acids is 1. The second-order valence-corrected chi connectivity index (χ2v) is 10.4. The van der Waals surface area contributed by atoms with E-state index in [1.165, 1.54) is 49.7 Å². The van der Waals surface area contributed by atoms with E-state index in [0.717, 1.165) is 29.0 Å². The zero-order chi connectivity index (χ0) is 25.9. The van der Waals surface area contributed by atoms with Gasteiger partial charge < -0.3 is 20.3 Å². The van der Waals surface area contributed by atoms with Crippen LogP contribution in [0.5, 0.6) is 0 Å². The lowest BCUT2D eigenvalue weighted by Gasteiger charge is -2.20. The topological polar surface area (TPSA) is 83.5 Å². The van der Waals surface area contributed by atoms with Crippen LogP contribution in [-0.2, 0) is 16.0 Å². The lowest BCUT2D eigenvalue weighted by Crippen LogP contribution is -2.32. The highest BCUT2D eigenvalue weighted by atomic mass is 35.5. The van der Waals surface area contributed by atoms with Crippen LogP contribution in [0.25, 0.3) is 5.70 Å². The van der Waals surface area contributed by atoms with Crippen molar-refractivity contribution < 1.29 is 13.9 Å². The molecule has 2 saturated heterocycles. The molecule has 4 aliphatic rings. The molecule has 2 aromatic carbocycles. The van der Waals surface area contributed by atoms with Crippen molar-refractivity contribution in [3.8, 4) is 0 Å². The molecule has 0 bridgehead atoms. The normalized spacial score (nSPS) is 23.4. The van der Waals surface area contributed by atoms with Gasteiger partial charge in [0.25, 0.3) is 0 Å². The number of hydrogen-bond acceptors (Lipinski definition) is 7. The molecule has 2 unspecified atom stereocenters. The highest BCUT2D eigenvalue weighted by Crippen LogP contribution is 2.35. The number of carbonyl (C=O) groups is 1. The Morgan fingerprint density at radius 1 is 1.16 bits per heavy atom. The Balaban J connectivity index is 0.000000152. The molecule has 0 aliphatic carbocycles. The predicted molar refractivity (Wildman–Crippen MR) is 145 cm³/mol. The molecule has 9 heteroatoms. The Labute approximate surface area is 221 Å². The summed E-state index contributed by atoms with van der Waals surface area (Å²) in [5.74, 6) is 2.45. The van der Waals surface area contributed by atoms with Crippen LogP contribution in [0.2, 0.25) is 5.02 Å². The largest absolute Gasteiger partial charge is 0.398 e. The standard InChI is InChI=1S/C15H18ClN3.C13H13FN2O2/c1-18-6-11-8-19(9-12(11)7-18)15-4-10-2-3-13(16)5-14(10)17-15;14-11-4-2-1-3-9(11)13(15)10(7-17)12-8-18-6-5-16-12/h2-3,5,11-12H,4,6-9H2,1H3;1-4,7H,5-6,8,15H2/b;13-10-. The molecule has 194 valence electrons. The van der Waals surface area contributed by atoms with Gasteiger partial charge >= 0.3 is 0 Å². The van der Waals surface area contributed by atoms with Crippen LogP contribution in [0.15, 0.2) is 58.0 Å². The number of aldehydes is 1. The summed E-state index contributed by atoms with van der Waals surface area (Å²) < 4.78 is 18.8. The fourth-order valence-corrected chi connectivity index (χ4v) is 5.66. The van der Waals surface area contributed by atoms with E-state index < -0.39 is 5.82 Å². The molecule has 7 nitrogen and oxygen atoms in total. The van der Waals surface area contributed by atoms with Crippen molar-refractivity contribution in [1.29, 1.82) is 0 Å². The Morgan fingerprint density at radius 2 is 1.92 bits per heavy atom. The van der Waals surface area contributed by atoms with E-state index in [2.05, 4.69) is 27.9 Å². The first-order valence-electron chi connectivity index (χ1n) is 12.5. The minimum Gasteiger partial charge on any atom is -0.398 e. The number of ether oxygens (including phenoxy) is 1. The van der Waals surface area contributed by atoms with Gasteiger partial charge in [-0.2, -0.15) is 0 Å². The van der Waals surface area contributed by atoms with Crippen LogP contribution in [0.4, 0.5) is 10.1 Å². The van der Waals surface area contributed by atoms with Gasteiger partial charge in [0.2, 0.25) is 0 Å². The first-order valence-corrected chi connectivity index (χ1v) is 12.9. The van der Waals surface area contributed by atoms with E-state index in [-0.39, 0.29) is 23.4 Å². The third-order valence-corrected chi connectivity index (χ3v) is 7.57. The van der Waals surface area contributed by atoms with Gasteiger partial charge in [-0.05, 0) is 48.7 Å². The van der Waals surface area contributed by atoms with Crippen LogP contribution in [0, 0.1) is 17.7 Å². The zero-order valence-corrected chi connectivity index (χ0v) is 21.6. The highest BCUT2D eigenvalue weighted by molar-refractivity contribution is 6.31. The maximum absolute atomic E-state index is 13.6. The first kappa shape index (κ1) is 25.6. The van der Waals surface area contributed by atoms with Gasteiger partial charge in [0, 0.05) is 43.2 Å². The van der Waals surface area contributed by atoms with Gasteiger partial charge in [0.05, 0.1) is 42.4 Å². The molecule has 2 atom stereocenters. The summed E-state index contributed by atoms with van der Waals surface area (Å²) in [6.45, 7) is 6.07. The third-order valence-electron chi connectivity index (χ3n) is 7.34. The highest BCUT2D eigenvalue weighted by Gasteiger charge is 2.40. The predicted octanol–water partition coefficient (Wildman–Crippen LogP) is 3.59. The number of amidine groups is 1. The Morgan fingerprint density at radius 3 is 2.59 bits per heavy atom. The molecule has 2 fully saturated rings. The lowest BCUT2D eigenvalue weighted by atomic mass is 10.0. The number of halogens is 2. The second kappa shape index (κ2) is 11.1. The van der Waals surface area contributed by atoms with Crippen LogP contribution >= 0.6 is 11.6 Å². The molecule has 0 spiro atoms. The van der Waals surface area contributed by atoms with E-state index in [9.17, 15) is 9.18 Å². The minimum absolute atomic E-state index is 0.0901. The first-order chi connectivity index (χ1) is 17.9. The molecule has 4 heterocycles.